The second-order valence-corrected chi connectivity index (χ2v) is 7.47. The maximum Gasteiger partial charge on any atom is 0.169 e. The Kier molecular flexibility index (Phi) is 4.17. The SMILES string of the molecule is Cc1ccc(CN2CCc3nc(-c4cccs4)ncc3C2)cc1C. The number of hydrogen-bond donors (Lipinski definition) is 0. The second kappa shape index (κ2) is 6.46. The van der Waals surface area contributed by atoms with Crippen LogP contribution in [0.1, 0.15) is 27.9 Å². The van der Waals surface area contributed by atoms with Crippen LogP contribution in [0, 0.1) is 13.8 Å². The summed E-state index contributed by atoms with van der Waals surface area (Å²) in [6, 6.07) is 10.9. The van der Waals surface area contributed by atoms with Gasteiger partial charge < -0.3 is 0 Å². The first-order chi connectivity index (χ1) is 11.7. The van der Waals surface area contributed by atoms with Crippen LogP contribution in [0.3, 0.4) is 0 Å². The van der Waals surface area contributed by atoms with Crippen molar-refractivity contribution in [3.63, 3.8) is 0 Å². The van der Waals surface area contributed by atoms with E-state index in [1.807, 2.05) is 12.3 Å². The van der Waals surface area contributed by atoms with E-state index in [0.29, 0.717) is 0 Å². The van der Waals surface area contributed by atoms with Crippen molar-refractivity contribution >= 4 is 11.3 Å². The van der Waals surface area contributed by atoms with E-state index in [0.717, 1.165) is 36.8 Å². The maximum absolute atomic E-state index is 4.80. The summed E-state index contributed by atoms with van der Waals surface area (Å²) in [7, 11) is 0. The van der Waals surface area contributed by atoms with Gasteiger partial charge in [0, 0.05) is 37.8 Å². The van der Waals surface area contributed by atoms with Crippen molar-refractivity contribution < 1.29 is 0 Å². The summed E-state index contributed by atoms with van der Waals surface area (Å²) in [6.07, 6.45) is 3.02. The van der Waals surface area contributed by atoms with Crippen LogP contribution in [0.25, 0.3) is 10.7 Å². The summed E-state index contributed by atoms with van der Waals surface area (Å²) < 4.78 is 0. The zero-order chi connectivity index (χ0) is 16.5. The van der Waals surface area contributed by atoms with Crippen LogP contribution in [-0.2, 0) is 19.5 Å². The monoisotopic (exact) mass is 335 g/mol. The predicted molar refractivity (Wildman–Crippen MR) is 99.1 cm³/mol. The van der Waals surface area contributed by atoms with Gasteiger partial charge in [0.15, 0.2) is 5.82 Å². The smallest absolute Gasteiger partial charge is 0.169 e. The molecule has 122 valence electrons. The second-order valence-electron chi connectivity index (χ2n) is 6.52. The highest BCUT2D eigenvalue weighted by Crippen LogP contribution is 2.25. The van der Waals surface area contributed by atoms with Gasteiger partial charge in [-0.1, -0.05) is 24.3 Å². The zero-order valence-electron chi connectivity index (χ0n) is 14.1. The average Bonchev–Trinajstić information content (AvgIpc) is 3.12. The van der Waals surface area contributed by atoms with Gasteiger partial charge in [0.25, 0.3) is 0 Å². The molecule has 4 rings (SSSR count). The summed E-state index contributed by atoms with van der Waals surface area (Å²) in [5.41, 5.74) is 6.60. The topological polar surface area (TPSA) is 29.0 Å². The fourth-order valence-electron chi connectivity index (χ4n) is 3.19. The van der Waals surface area contributed by atoms with Crippen LogP contribution in [0.15, 0.2) is 41.9 Å². The van der Waals surface area contributed by atoms with E-state index in [1.165, 1.54) is 27.9 Å². The Labute approximate surface area is 147 Å². The molecule has 3 heterocycles. The molecule has 0 unspecified atom stereocenters. The van der Waals surface area contributed by atoms with Gasteiger partial charge in [0.2, 0.25) is 0 Å². The number of hydrogen-bond acceptors (Lipinski definition) is 4. The van der Waals surface area contributed by atoms with Crippen LogP contribution in [-0.4, -0.2) is 21.4 Å². The standard InChI is InChI=1S/C20H21N3S/c1-14-5-6-16(10-15(14)2)12-23-8-7-18-17(13-23)11-21-20(22-18)19-4-3-9-24-19/h3-6,9-11H,7-8,12-13H2,1-2H3. The molecule has 0 radical (unpaired) electrons. The molecular formula is C20H21N3S. The van der Waals surface area contributed by atoms with Crippen molar-refractivity contribution in [2.75, 3.05) is 6.54 Å². The third-order valence-electron chi connectivity index (χ3n) is 4.73. The molecule has 0 fully saturated rings. The van der Waals surface area contributed by atoms with Crippen LogP contribution >= 0.6 is 11.3 Å². The van der Waals surface area contributed by atoms with Gasteiger partial charge >= 0.3 is 0 Å². The molecule has 0 aliphatic carbocycles. The Bertz CT molecular complexity index is 855. The van der Waals surface area contributed by atoms with Gasteiger partial charge in [-0.25, -0.2) is 9.97 Å². The van der Waals surface area contributed by atoms with Crippen molar-refractivity contribution in [1.29, 1.82) is 0 Å². The van der Waals surface area contributed by atoms with Crippen molar-refractivity contribution in [3.8, 4) is 10.7 Å². The Morgan fingerprint density at radius 2 is 2.08 bits per heavy atom. The maximum atomic E-state index is 4.80. The highest BCUT2D eigenvalue weighted by molar-refractivity contribution is 7.13. The quantitative estimate of drug-likeness (QED) is 0.711. The number of aromatic nitrogens is 2. The van der Waals surface area contributed by atoms with Gasteiger partial charge in [0.1, 0.15) is 0 Å². The van der Waals surface area contributed by atoms with Crippen LogP contribution < -0.4 is 0 Å². The molecule has 3 aromatic rings. The van der Waals surface area contributed by atoms with Gasteiger partial charge in [-0.3, -0.25) is 4.90 Å². The van der Waals surface area contributed by atoms with Gasteiger partial charge in [-0.05, 0) is 42.0 Å². The molecule has 0 spiro atoms. The lowest BCUT2D eigenvalue weighted by atomic mass is 10.0. The van der Waals surface area contributed by atoms with Crippen molar-refractivity contribution in [2.24, 2.45) is 0 Å². The fourth-order valence-corrected chi connectivity index (χ4v) is 3.86. The zero-order valence-corrected chi connectivity index (χ0v) is 14.9. The van der Waals surface area contributed by atoms with Crippen molar-refractivity contribution in [3.05, 3.63) is 69.9 Å². The molecule has 0 bridgehead atoms. The summed E-state index contributed by atoms with van der Waals surface area (Å²) >= 11 is 1.70. The highest BCUT2D eigenvalue weighted by atomic mass is 32.1. The lowest BCUT2D eigenvalue weighted by Gasteiger charge is -2.28. The summed E-state index contributed by atoms with van der Waals surface area (Å²) in [5, 5.41) is 2.07. The van der Waals surface area contributed by atoms with Gasteiger partial charge in [0.05, 0.1) is 10.6 Å². The molecule has 3 nitrogen and oxygen atoms in total. The number of fused-ring (bicyclic) bond motifs is 1. The normalized spacial score (nSPS) is 14.6. The van der Waals surface area contributed by atoms with Crippen molar-refractivity contribution in [2.45, 2.75) is 33.4 Å². The summed E-state index contributed by atoms with van der Waals surface area (Å²) in [4.78, 5) is 13.0. The minimum absolute atomic E-state index is 0.867. The summed E-state index contributed by atoms with van der Waals surface area (Å²) in [6.45, 7) is 7.34. The minimum Gasteiger partial charge on any atom is -0.294 e. The van der Waals surface area contributed by atoms with Crippen LogP contribution in [0.4, 0.5) is 0 Å². The number of benzene rings is 1. The third kappa shape index (κ3) is 3.12. The molecule has 2 aromatic heterocycles. The number of thiophene rings is 1. The first-order valence-electron chi connectivity index (χ1n) is 8.36. The molecule has 0 amide bonds. The molecule has 0 saturated heterocycles. The Hall–Kier alpha value is -2.04. The van der Waals surface area contributed by atoms with Gasteiger partial charge in [-0.15, -0.1) is 11.3 Å². The van der Waals surface area contributed by atoms with E-state index < -0.39 is 0 Å². The van der Waals surface area contributed by atoms with E-state index in [1.54, 1.807) is 11.3 Å². The first kappa shape index (κ1) is 15.5. The van der Waals surface area contributed by atoms with Gasteiger partial charge in [-0.2, -0.15) is 0 Å². The van der Waals surface area contributed by atoms with Crippen molar-refractivity contribution in [1.82, 2.24) is 14.9 Å². The van der Waals surface area contributed by atoms with E-state index in [2.05, 4.69) is 53.4 Å². The fraction of sp³-hybridized carbons (Fsp3) is 0.300. The molecule has 0 saturated carbocycles. The molecule has 4 heteroatoms. The van der Waals surface area contributed by atoms with Crippen LogP contribution in [0.5, 0.6) is 0 Å². The molecule has 24 heavy (non-hydrogen) atoms. The molecule has 0 N–H and O–H groups in total. The first-order valence-corrected chi connectivity index (χ1v) is 9.24. The highest BCUT2D eigenvalue weighted by Gasteiger charge is 2.19. The third-order valence-corrected chi connectivity index (χ3v) is 5.60. The van der Waals surface area contributed by atoms with E-state index in [-0.39, 0.29) is 0 Å². The molecule has 1 aliphatic heterocycles. The Balaban J connectivity index is 1.50. The summed E-state index contributed by atoms with van der Waals surface area (Å²) in [5.74, 6) is 0.867. The largest absolute Gasteiger partial charge is 0.294 e. The lowest BCUT2D eigenvalue weighted by Crippen LogP contribution is -2.31. The Morgan fingerprint density at radius 1 is 1.17 bits per heavy atom. The lowest BCUT2D eigenvalue weighted by molar-refractivity contribution is 0.243. The van der Waals surface area contributed by atoms with E-state index in [9.17, 15) is 0 Å². The van der Waals surface area contributed by atoms with E-state index in [4.69, 9.17) is 4.98 Å². The number of aryl methyl sites for hydroxylation is 2. The molecule has 1 aromatic carbocycles. The van der Waals surface area contributed by atoms with Crippen LogP contribution in [0.2, 0.25) is 0 Å². The minimum atomic E-state index is 0.867. The van der Waals surface area contributed by atoms with E-state index >= 15 is 0 Å². The predicted octanol–water partition coefficient (Wildman–Crippen LogP) is 4.38. The average molecular weight is 335 g/mol. The number of rotatable bonds is 3. The molecule has 0 atom stereocenters. The Morgan fingerprint density at radius 3 is 2.88 bits per heavy atom. The molecular weight excluding hydrogens is 314 g/mol. The number of nitrogens with zero attached hydrogens (tertiary/aromatic N) is 3. The molecule has 1 aliphatic rings.